The number of benzene rings is 1. The van der Waals surface area contributed by atoms with Crippen LogP contribution in [0.1, 0.15) is 23.9 Å². The topological polar surface area (TPSA) is 50.9 Å². The van der Waals surface area contributed by atoms with E-state index in [2.05, 4.69) is 9.97 Å². The van der Waals surface area contributed by atoms with Crippen molar-refractivity contribution in [1.29, 1.82) is 0 Å². The second-order valence-corrected chi connectivity index (χ2v) is 5.37. The van der Waals surface area contributed by atoms with Crippen molar-refractivity contribution < 1.29 is 5.11 Å². The lowest BCUT2D eigenvalue weighted by Gasteiger charge is -2.29. The fourth-order valence-electron chi connectivity index (χ4n) is 2.72. The van der Waals surface area contributed by atoms with Gasteiger partial charge in [0, 0.05) is 37.4 Å². The molecule has 2 heterocycles. The zero-order valence-electron chi connectivity index (χ0n) is 13.0. The average molecular weight is 305 g/mol. The maximum atomic E-state index is 11.5. The highest BCUT2D eigenvalue weighted by Crippen LogP contribution is 2.32. The van der Waals surface area contributed by atoms with Gasteiger partial charge in [-0.05, 0) is 30.2 Å². The van der Waals surface area contributed by atoms with Crippen LogP contribution in [0.5, 0.6) is 0 Å². The highest BCUT2D eigenvalue weighted by atomic mass is 16.3. The van der Waals surface area contributed by atoms with Crippen molar-refractivity contribution in [3.05, 3.63) is 90.3 Å². The molecule has 0 aliphatic carbocycles. The lowest BCUT2D eigenvalue weighted by molar-refractivity contribution is 0.0785. The van der Waals surface area contributed by atoms with Crippen LogP contribution in [0.15, 0.2) is 73.3 Å². The Balaban J connectivity index is 2.08. The fraction of sp³-hybridized carbons (Fsp3) is 0.158. The van der Waals surface area contributed by atoms with Gasteiger partial charge in [0.2, 0.25) is 0 Å². The van der Waals surface area contributed by atoms with Gasteiger partial charge in [0.25, 0.3) is 0 Å². The highest BCUT2D eigenvalue weighted by Gasteiger charge is 2.33. The van der Waals surface area contributed by atoms with Crippen molar-refractivity contribution in [2.45, 2.75) is 18.9 Å². The van der Waals surface area contributed by atoms with Crippen molar-refractivity contribution in [2.24, 2.45) is 0 Å². The standard InChI is InChI=1S/C19H19N3O/c1-2-13-22-14-12-21-18(22)15-19(23,16-6-4-3-5-7-16)17-8-10-20-11-9-17/h2-14,23H,15H2,1H3/b13-2+. The second-order valence-electron chi connectivity index (χ2n) is 5.37. The molecule has 1 aromatic carbocycles. The summed E-state index contributed by atoms with van der Waals surface area (Å²) >= 11 is 0. The molecular formula is C19H19N3O. The zero-order chi connectivity index (χ0) is 16.1. The van der Waals surface area contributed by atoms with E-state index in [4.69, 9.17) is 0 Å². The third kappa shape index (κ3) is 3.07. The number of rotatable bonds is 5. The normalized spacial score (nSPS) is 14.0. The predicted molar refractivity (Wildman–Crippen MR) is 90.6 cm³/mol. The van der Waals surface area contributed by atoms with Crippen molar-refractivity contribution in [3.63, 3.8) is 0 Å². The Morgan fingerprint density at radius 3 is 2.43 bits per heavy atom. The summed E-state index contributed by atoms with van der Waals surface area (Å²) in [5.74, 6) is 0.797. The first-order chi connectivity index (χ1) is 11.2. The summed E-state index contributed by atoms with van der Waals surface area (Å²) < 4.78 is 1.93. The summed E-state index contributed by atoms with van der Waals surface area (Å²) in [4.78, 5) is 8.46. The van der Waals surface area contributed by atoms with Gasteiger partial charge in [-0.1, -0.05) is 36.4 Å². The van der Waals surface area contributed by atoms with Crippen LogP contribution in [0.3, 0.4) is 0 Å². The zero-order valence-corrected chi connectivity index (χ0v) is 13.0. The maximum absolute atomic E-state index is 11.5. The van der Waals surface area contributed by atoms with E-state index in [-0.39, 0.29) is 0 Å². The van der Waals surface area contributed by atoms with Crippen LogP contribution in [0.4, 0.5) is 0 Å². The van der Waals surface area contributed by atoms with Crippen LogP contribution in [0.25, 0.3) is 6.20 Å². The Morgan fingerprint density at radius 1 is 1.04 bits per heavy atom. The number of pyridine rings is 1. The molecule has 0 spiro atoms. The summed E-state index contributed by atoms with van der Waals surface area (Å²) in [5, 5.41) is 11.5. The van der Waals surface area contributed by atoms with E-state index in [1.165, 1.54) is 0 Å². The SMILES string of the molecule is C/C=C/n1ccnc1CC(O)(c1ccccc1)c1ccncc1. The van der Waals surface area contributed by atoms with Gasteiger partial charge in [-0.15, -0.1) is 0 Å². The fourth-order valence-corrected chi connectivity index (χ4v) is 2.72. The minimum atomic E-state index is -1.16. The van der Waals surface area contributed by atoms with E-state index >= 15 is 0 Å². The Labute approximate surface area is 135 Å². The number of hydrogen-bond donors (Lipinski definition) is 1. The molecule has 0 radical (unpaired) electrons. The van der Waals surface area contributed by atoms with E-state index in [1.807, 2.05) is 72.4 Å². The first-order valence-electron chi connectivity index (χ1n) is 7.57. The monoisotopic (exact) mass is 305 g/mol. The van der Waals surface area contributed by atoms with Crippen LogP contribution >= 0.6 is 0 Å². The molecule has 4 heteroatoms. The molecule has 0 saturated carbocycles. The third-order valence-corrected chi connectivity index (χ3v) is 3.88. The molecule has 0 bridgehead atoms. The summed E-state index contributed by atoms with van der Waals surface area (Å²) in [6, 6.07) is 13.4. The maximum Gasteiger partial charge on any atom is 0.122 e. The molecule has 23 heavy (non-hydrogen) atoms. The minimum Gasteiger partial charge on any atom is -0.380 e. The van der Waals surface area contributed by atoms with E-state index in [9.17, 15) is 5.11 Å². The van der Waals surface area contributed by atoms with Gasteiger partial charge in [0.1, 0.15) is 11.4 Å². The van der Waals surface area contributed by atoms with Gasteiger partial charge in [0.05, 0.1) is 0 Å². The summed E-state index contributed by atoms with van der Waals surface area (Å²) in [6.07, 6.45) is 11.3. The van der Waals surface area contributed by atoms with E-state index in [1.54, 1.807) is 18.6 Å². The molecule has 4 nitrogen and oxygen atoms in total. The molecule has 1 N–H and O–H groups in total. The predicted octanol–water partition coefficient (Wildman–Crippen LogP) is 3.25. The number of aliphatic hydroxyl groups is 1. The number of imidazole rings is 1. The molecule has 0 saturated heterocycles. The Hall–Kier alpha value is -2.72. The molecule has 0 aliphatic heterocycles. The number of hydrogen-bond acceptors (Lipinski definition) is 3. The smallest absolute Gasteiger partial charge is 0.122 e. The van der Waals surface area contributed by atoms with Crippen LogP contribution < -0.4 is 0 Å². The minimum absolute atomic E-state index is 0.373. The van der Waals surface area contributed by atoms with Gasteiger partial charge in [-0.25, -0.2) is 4.98 Å². The number of aromatic nitrogens is 3. The van der Waals surface area contributed by atoms with Crippen molar-refractivity contribution in [2.75, 3.05) is 0 Å². The van der Waals surface area contributed by atoms with E-state index in [0.717, 1.165) is 17.0 Å². The van der Waals surface area contributed by atoms with Crippen molar-refractivity contribution in [3.8, 4) is 0 Å². The van der Waals surface area contributed by atoms with Crippen LogP contribution in [-0.4, -0.2) is 19.6 Å². The molecule has 1 unspecified atom stereocenters. The summed E-state index contributed by atoms with van der Waals surface area (Å²) in [7, 11) is 0. The Bertz CT molecular complexity index is 739. The van der Waals surface area contributed by atoms with Crippen LogP contribution in [0, 0.1) is 0 Å². The van der Waals surface area contributed by atoms with Gasteiger partial charge in [0.15, 0.2) is 0 Å². The Kier molecular flexibility index (Phi) is 4.35. The molecule has 1 atom stereocenters. The molecule has 0 aliphatic rings. The molecule has 3 rings (SSSR count). The van der Waals surface area contributed by atoms with Crippen LogP contribution in [0.2, 0.25) is 0 Å². The molecule has 0 fully saturated rings. The lowest BCUT2D eigenvalue weighted by Crippen LogP contribution is -2.31. The largest absolute Gasteiger partial charge is 0.380 e. The highest BCUT2D eigenvalue weighted by molar-refractivity contribution is 5.37. The molecular weight excluding hydrogens is 286 g/mol. The first kappa shape index (κ1) is 15.2. The third-order valence-electron chi connectivity index (χ3n) is 3.88. The van der Waals surface area contributed by atoms with Gasteiger partial charge >= 0.3 is 0 Å². The lowest BCUT2D eigenvalue weighted by atomic mass is 9.84. The Morgan fingerprint density at radius 2 is 1.74 bits per heavy atom. The van der Waals surface area contributed by atoms with Crippen molar-refractivity contribution >= 4 is 6.20 Å². The quantitative estimate of drug-likeness (QED) is 0.787. The van der Waals surface area contributed by atoms with Gasteiger partial charge < -0.3 is 9.67 Å². The molecule has 2 aromatic heterocycles. The first-order valence-corrected chi connectivity index (χ1v) is 7.57. The van der Waals surface area contributed by atoms with Gasteiger partial charge in [-0.2, -0.15) is 0 Å². The van der Waals surface area contributed by atoms with Crippen molar-refractivity contribution in [1.82, 2.24) is 14.5 Å². The van der Waals surface area contributed by atoms with Crippen LogP contribution in [-0.2, 0) is 12.0 Å². The summed E-state index contributed by atoms with van der Waals surface area (Å²) in [5.41, 5.74) is 0.476. The van der Waals surface area contributed by atoms with E-state index in [0.29, 0.717) is 6.42 Å². The number of allylic oxidation sites excluding steroid dienone is 1. The number of nitrogens with zero attached hydrogens (tertiary/aromatic N) is 3. The average Bonchev–Trinajstić information content (AvgIpc) is 3.03. The molecule has 3 aromatic rings. The van der Waals surface area contributed by atoms with Gasteiger partial charge in [-0.3, -0.25) is 4.98 Å². The second kappa shape index (κ2) is 6.58. The van der Waals surface area contributed by atoms with E-state index < -0.39 is 5.60 Å². The summed E-state index contributed by atoms with van der Waals surface area (Å²) in [6.45, 7) is 1.95. The molecule has 0 amide bonds. The molecule has 116 valence electrons.